The molecule has 0 aliphatic carbocycles. The smallest absolute Gasteiger partial charge is 0.0543 e. The highest BCUT2D eigenvalue weighted by Gasteiger charge is 2.28. The van der Waals surface area contributed by atoms with Gasteiger partial charge in [-0.3, -0.25) is 9.58 Å². The predicted molar refractivity (Wildman–Crippen MR) is 114 cm³/mol. The molecule has 0 saturated carbocycles. The van der Waals surface area contributed by atoms with Crippen molar-refractivity contribution in [1.82, 2.24) is 19.6 Å². The highest BCUT2D eigenvalue weighted by Crippen LogP contribution is 2.28. The maximum Gasteiger partial charge on any atom is 0.0543 e. The molecule has 1 aromatic heterocycles. The van der Waals surface area contributed by atoms with Crippen LogP contribution in [0.15, 0.2) is 12.4 Å². The summed E-state index contributed by atoms with van der Waals surface area (Å²) in [5.41, 5.74) is 1.89. The summed E-state index contributed by atoms with van der Waals surface area (Å²) in [6.45, 7) is 20.2. The second-order valence-corrected chi connectivity index (χ2v) is 10.9. The summed E-state index contributed by atoms with van der Waals surface area (Å²) in [5.74, 6) is 0.932. The van der Waals surface area contributed by atoms with Gasteiger partial charge >= 0.3 is 0 Å². The standard InChI is InChI=1S/C23H42N4/c1-22(2,3)20-17-24-27(18-20)21-10-13-25(14-11-21)12-7-19-8-15-26(16-9-19)23(4,5)6/h17-19,21H,7-16H2,1-6H3. The van der Waals surface area contributed by atoms with Crippen molar-refractivity contribution >= 4 is 0 Å². The second kappa shape index (κ2) is 8.24. The highest BCUT2D eigenvalue weighted by molar-refractivity contribution is 5.15. The SMILES string of the molecule is CC(C)(C)c1cnn(C2CCN(CCC3CCN(C(C)(C)C)CC3)CC2)c1. The Labute approximate surface area is 167 Å². The number of piperidine rings is 2. The van der Waals surface area contributed by atoms with E-state index in [0.29, 0.717) is 11.6 Å². The van der Waals surface area contributed by atoms with Gasteiger partial charge in [0.15, 0.2) is 0 Å². The van der Waals surface area contributed by atoms with Crippen molar-refractivity contribution < 1.29 is 0 Å². The average molecular weight is 375 g/mol. The number of aromatic nitrogens is 2. The van der Waals surface area contributed by atoms with Crippen LogP contribution in [0.4, 0.5) is 0 Å². The van der Waals surface area contributed by atoms with E-state index < -0.39 is 0 Å². The Bertz CT molecular complexity index is 576. The van der Waals surface area contributed by atoms with Crippen LogP contribution in [0.3, 0.4) is 0 Å². The quantitative estimate of drug-likeness (QED) is 0.762. The summed E-state index contributed by atoms with van der Waals surface area (Å²) in [6.07, 6.45) is 11.0. The lowest BCUT2D eigenvalue weighted by molar-refractivity contribution is 0.0793. The van der Waals surface area contributed by atoms with Crippen LogP contribution in [0.5, 0.6) is 0 Å². The predicted octanol–water partition coefficient (Wildman–Crippen LogP) is 4.72. The van der Waals surface area contributed by atoms with Gasteiger partial charge in [-0.15, -0.1) is 0 Å². The largest absolute Gasteiger partial charge is 0.303 e. The van der Waals surface area contributed by atoms with E-state index in [4.69, 9.17) is 0 Å². The Morgan fingerprint density at radius 2 is 1.56 bits per heavy atom. The third-order valence-electron chi connectivity index (χ3n) is 6.82. The van der Waals surface area contributed by atoms with Crippen molar-refractivity contribution in [3.05, 3.63) is 18.0 Å². The summed E-state index contributed by atoms with van der Waals surface area (Å²) in [6, 6.07) is 0.590. The Kier molecular flexibility index (Phi) is 6.37. The maximum atomic E-state index is 4.67. The summed E-state index contributed by atoms with van der Waals surface area (Å²) >= 11 is 0. The zero-order valence-corrected chi connectivity index (χ0v) is 18.7. The molecule has 0 aromatic carbocycles. The van der Waals surface area contributed by atoms with Gasteiger partial charge in [-0.1, -0.05) is 20.8 Å². The minimum Gasteiger partial charge on any atom is -0.303 e. The second-order valence-electron chi connectivity index (χ2n) is 10.9. The molecule has 0 N–H and O–H groups in total. The van der Waals surface area contributed by atoms with E-state index in [0.717, 1.165) is 5.92 Å². The van der Waals surface area contributed by atoms with Crippen LogP contribution < -0.4 is 0 Å². The lowest BCUT2D eigenvalue weighted by Gasteiger charge is -2.41. The molecule has 27 heavy (non-hydrogen) atoms. The van der Waals surface area contributed by atoms with Crippen LogP contribution in [-0.4, -0.2) is 57.8 Å². The Balaban J connectivity index is 1.38. The molecule has 4 nitrogen and oxygen atoms in total. The van der Waals surface area contributed by atoms with Crippen LogP contribution in [0, 0.1) is 5.92 Å². The number of rotatable bonds is 4. The number of likely N-dealkylation sites (tertiary alicyclic amines) is 2. The van der Waals surface area contributed by atoms with Gasteiger partial charge < -0.3 is 4.90 Å². The fourth-order valence-corrected chi connectivity index (χ4v) is 4.59. The van der Waals surface area contributed by atoms with Crippen LogP contribution in [-0.2, 0) is 5.41 Å². The van der Waals surface area contributed by atoms with Gasteiger partial charge in [0.25, 0.3) is 0 Å². The zero-order chi connectivity index (χ0) is 19.7. The summed E-state index contributed by atoms with van der Waals surface area (Å²) < 4.78 is 2.24. The van der Waals surface area contributed by atoms with E-state index in [1.54, 1.807) is 0 Å². The lowest BCUT2D eigenvalue weighted by atomic mass is 9.90. The summed E-state index contributed by atoms with van der Waals surface area (Å²) in [7, 11) is 0. The van der Waals surface area contributed by atoms with E-state index in [1.807, 2.05) is 0 Å². The van der Waals surface area contributed by atoms with Gasteiger partial charge in [-0.2, -0.15) is 5.10 Å². The van der Waals surface area contributed by atoms with Gasteiger partial charge in [0.2, 0.25) is 0 Å². The zero-order valence-electron chi connectivity index (χ0n) is 18.7. The van der Waals surface area contributed by atoms with Crippen LogP contribution in [0.25, 0.3) is 0 Å². The first-order chi connectivity index (χ1) is 12.6. The Morgan fingerprint density at radius 1 is 0.926 bits per heavy atom. The molecule has 0 amide bonds. The molecular weight excluding hydrogens is 332 g/mol. The van der Waals surface area contributed by atoms with Crippen LogP contribution >= 0.6 is 0 Å². The maximum absolute atomic E-state index is 4.67. The molecule has 1 aromatic rings. The number of hydrogen-bond acceptors (Lipinski definition) is 3. The van der Waals surface area contributed by atoms with Crippen molar-refractivity contribution in [3.63, 3.8) is 0 Å². The molecule has 3 heterocycles. The highest BCUT2D eigenvalue weighted by atomic mass is 15.3. The van der Waals surface area contributed by atoms with Crippen molar-refractivity contribution in [2.24, 2.45) is 5.92 Å². The summed E-state index contributed by atoms with van der Waals surface area (Å²) in [5, 5.41) is 4.67. The first kappa shape index (κ1) is 20.9. The van der Waals surface area contributed by atoms with E-state index in [9.17, 15) is 0 Å². The minimum absolute atomic E-state index is 0.196. The molecular formula is C23H42N4. The normalized spacial score (nSPS) is 22.4. The van der Waals surface area contributed by atoms with E-state index >= 15 is 0 Å². The third kappa shape index (κ3) is 5.57. The van der Waals surface area contributed by atoms with Gasteiger partial charge in [0.1, 0.15) is 0 Å². The number of hydrogen-bond donors (Lipinski definition) is 0. The Morgan fingerprint density at radius 3 is 2.07 bits per heavy atom. The molecule has 3 rings (SSSR count). The lowest BCUT2D eigenvalue weighted by Crippen LogP contribution is -2.46. The molecule has 2 aliphatic heterocycles. The molecule has 2 fully saturated rings. The molecule has 2 saturated heterocycles. The molecule has 4 heteroatoms. The fourth-order valence-electron chi connectivity index (χ4n) is 4.59. The van der Waals surface area contributed by atoms with Crippen molar-refractivity contribution in [1.29, 1.82) is 0 Å². The minimum atomic E-state index is 0.196. The molecule has 0 atom stereocenters. The van der Waals surface area contributed by atoms with E-state index in [1.165, 1.54) is 70.4 Å². The van der Waals surface area contributed by atoms with Gasteiger partial charge in [-0.05, 0) is 89.4 Å². The van der Waals surface area contributed by atoms with Gasteiger partial charge in [-0.25, -0.2) is 0 Å². The molecule has 2 aliphatic rings. The Hall–Kier alpha value is -0.870. The first-order valence-electron chi connectivity index (χ1n) is 11.1. The molecule has 154 valence electrons. The fraction of sp³-hybridized carbons (Fsp3) is 0.870. The summed E-state index contributed by atoms with van der Waals surface area (Å²) in [4.78, 5) is 5.35. The van der Waals surface area contributed by atoms with Crippen LogP contribution in [0.1, 0.15) is 85.3 Å². The molecule has 0 radical (unpaired) electrons. The van der Waals surface area contributed by atoms with Gasteiger partial charge in [0.05, 0.1) is 12.2 Å². The van der Waals surface area contributed by atoms with E-state index in [2.05, 4.69) is 73.5 Å². The molecule has 0 spiro atoms. The van der Waals surface area contributed by atoms with Crippen LogP contribution in [0.2, 0.25) is 0 Å². The first-order valence-corrected chi connectivity index (χ1v) is 11.1. The molecule has 0 unspecified atom stereocenters. The van der Waals surface area contributed by atoms with Crippen molar-refractivity contribution in [2.45, 2.75) is 90.6 Å². The monoisotopic (exact) mass is 374 g/mol. The van der Waals surface area contributed by atoms with Gasteiger partial charge in [0, 0.05) is 24.8 Å². The average Bonchev–Trinajstić information content (AvgIpc) is 3.10. The van der Waals surface area contributed by atoms with E-state index in [-0.39, 0.29) is 5.41 Å². The number of nitrogens with zero attached hydrogens (tertiary/aromatic N) is 4. The van der Waals surface area contributed by atoms with Crippen molar-refractivity contribution in [2.75, 3.05) is 32.7 Å². The molecule has 0 bridgehead atoms. The topological polar surface area (TPSA) is 24.3 Å². The third-order valence-corrected chi connectivity index (χ3v) is 6.82. The van der Waals surface area contributed by atoms with Crippen molar-refractivity contribution in [3.8, 4) is 0 Å².